The van der Waals surface area contributed by atoms with E-state index in [0.717, 1.165) is 25.9 Å². The normalized spacial score (nSPS) is 23.7. The number of ether oxygens (including phenoxy) is 1. The molecule has 1 aromatic carbocycles. The van der Waals surface area contributed by atoms with Crippen LogP contribution in [0.5, 0.6) is 0 Å². The summed E-state index contributed by atoms with van der Waals surface area (Å²) in [5.41, 5.74) is 0.504. The van der Waals surface area contributed by atoms with Gasteiger partial charge in [0.15, 0.2) is 5.78 Å². The van der Waals surface area contributed by atoms with E-state index in [9.17, 15) is 14.4 Å². The third-order valence-corrected chi connectivity index (χ3v) is 6.50. The van der Waals surface area contributed by atoms with E-state index in [1.807, 2.05) is 6.07 Å². The molecule has 7 nitrogen and oxygen atoms in total. The summed E-state index contributed by atoms with van der Waals surface area (Å²) in [4.78, 5) is 40.6. The predicted octanol–water partition coefficient (Wildman–Crippen LogP) is 2.02. The molecule has 170 valence electrons. The lowest BCUT2D eigenvalue weighted by Crippen LogP contribution is -2.55. The summed E-state index contributed by atoms with van der Waals surface area (Å²) >= 11 is 0. The van der Waals surface area contributed by atoms with E-state index in [1.54, 1.807) is 24.3 Å². The number of rotatable bonds is 9. The molecule has 4 atom stereocenters. The topological polar surface area (TPSA) is 87.7 Å². The van der Waals surface area contributed by atoms with Crippen molar-refractivity contribution in [3.8, 4) is 0 Å². The number of hydrogen-bond donors (Lipinski definition) is 2. The molecule has 0 aliphatic carbocycles. The Labute approximate surface area is 184 Å². The Hall–Kier alpha value is -2.25. The molecule has 0 radical (unpaired) electrons. The van der Waals surface area contributed by atoms with Crippen molar-refractivity contribution in [2.45, 2.75) is 58.2 Å². The van der Waals surface area contributed by atoms with Crippen LogP contribution in [0.3, 0.4) is 0 Å². The van der Waals surface area contributed by atoms with E-state index in [-0.39, 0.29) is 36.2 Å². The van der Waals surface area contributed by atoms with Crippen molar-refractivity contribution in [3.63, 3.8) is 0 Å². The van der Waals surface area contributed by atoms with Gasteiger partial charge in [0.1, 0.15) is 18.7 Å². The van der Waals surface area contributed by atoms with Crippen molar-refractivity contribution in [1.29, 1.82) is 0 Å². The van der Waals surface area contributed by atoms with E-state index in [4.69, 9.17) is 4.74 Å². The Morgan fingerprint density at radius 1 is 1.13 bits per heavy atom. The quantitative estimate of drug-likeness (QED) is 0.627. The summed E-state index contributed by atoms with van der Waals surface area (Å²) in [5, 5.41) is 5.78. The highest BCUT2D eigenvalue weighted by atomic mass is 16.5. The van der Waals surface area contributed by atoms with Crippen LogP contribution in [0.15, 0.2) is 30.3 Å². The molecule has 2 aliphatic heterocycles. The van der Waals surface area contributed by atoms with E-state index >= 15 is 0 Å². The summed E-state index contributed by atoms with van der Waals surface area (Å²) in [5.74, 6) is -0.139. The highest BCUT2D eigenvalue weighted by Gasteiger charge is 2.39. The number of carbonyl (C=O) groups excluding carboxylic acids is 3. The van der Waals surface area contributed by atoms with Gasteiger partial charge in [-0.05, 0) is 56.3 Å². The largest absolute Gasteiger partial charge is 0.366 e. The van der Waals surface area contributed by atoms with Crippen LogP contribution in [-0.2, 0) is 14.3 Å². The monoisotopic (exact) mass is 429 g/mol. The number of ketones is 1. The molecule has 2 aliphatic rings. The zero-order valence-electron chi connectivity index (χ0n) is 18.8. The first-order valence-corrected chi connectivity index (χ1v) is 11.4. The molecule has 2 heterocycles. The average molecular weight is 430 g/mol. The zero-order valence-corrected chi connectivity index (χ0v) is 18.8. The summed E-state index contributed by atoms with van der Waals surface area (Å²) in [6.07, 6.45) is 2.46. The van der Waals surface area contributed by atoms with Gasteiger partial charge in [0.2, 0.25) is 5.91 Å². The second-order valence-corrected chi connectivity index (χ2v) is 9.16. The fraction of sp³-hybridized carbons (Fsp3) is 0.625. The fourth-order valence-electron chi connectivity index (χ4n) is 4.09. The molecule has 3 rings (SSSR count). The van der Waals surface area contributed by atoms with Gasteiger partial charge in [-0.2, -0.15) is 0 Å². The van der Waals surface area contributed by atoms with Gasteiger partial charge in [-0.15, -0.1) is 0 Å². The third-order valence-electron chi connectivity index (χ3n) is 6.50. The highest BCUT2D eigenvalue weighted by molar-refractivity contribution is 5.99. The summed E-state index contributed by atoms with van der Waals surface area (Å²) in [7, 11) is 0. The van der Waals surface area contributed by atoms with Gasteiger partial charge < -0.3 is 20.3 Å². The van der Waals surface area contributed by atoms with Gasteiger partial charge >= 0.3 is 0 Å². The summed E-state index contributed by atoms with van der Waals surface area (Å²) in [6, 6.07) is 7.47. The first kappa shape index (κ1) is 23.4. The lowest BCUT2D eigenvalue weighted by atomic mass is 9.90. The van der Waals surface area contributed by atoms with Crippen molar-refractivity contribution in [2.75, 3.05) is 26.2 Å². The fourth-order valence-corrected chi connectivity index (χ4v) is 4.09. The number of nitrogens with one attached hydrogen (secondary N) is 2. The minimum absolute atomic E-state index is 0.0207. The lowest BCUT2D eigenvalue weighted by molar-refractivity contribution is -0.128. The Bertz CT molecular complexity index is 761. The minimum atomic E-state index is -0.717. The molecular weight excluding hydrogens is 394 g/mol. The molecule has 0 aromatic heterocycles. The van der Waals surface area contributed by atoms with Crippen LogP contribution in [0.2, 0.25) is 0 Å². The van der Waals surface area contributed by atoms with Crippen molar-refractivity contribution in [1.82, 2.24) is 15.5 Å². The number of carbonyl (C=O) groups is 3. The zero-order chi connectivity index (χ0) is 22.4. The van der Waals surface area contributed by atoms with Crippen LogP contribution in [0.25, 0.3) is 0 Å². The van der Waals surface area contributed by atoms with E-state index in [2.05, 4.69) is 36.3 Å². The van der Waals surface area contributed by atoms with Crippen LogP contribution in [-0.4, -0.2) is 66.9 Å². The van der Waals surface area contributed by atoms with Crippen LogP contribution in [0.4, 0.5) is 0 Å². The molecule has 0 saturated carbocycles. The molecule has 2 N–H and O–H groups in total. The van der Waals surface area contributed by atoms with Gasteiger partial charge in [-0.3, -0.25) is 14.4 Å². The smallest absolute Gasteiger partial charge is 0.251 e. The minimum Gasteiger partial charge on any atom is -0.366 e. The number of benzene rings is 1. The first-order valence-electron chi connectivity index (χ1n) is 11.4. The highest BCUT2D eigenvalue weighted by Crippen LogP contribution is 2.19. The van der Waals surface area contributed by atoms with Crippen LogP contribution in [0, 0.1) is 11.8 Å². The Kier molecular flexibility index (Phi) is 8.21. The molecule has 0 bridgehead atoms. The lowest BCUT2D eigenvalue weighted by Gasteiger charge is -2.27. The maximum atomic E-state index is 13.2. The standard InChI is InChI=1S/C24H35N3O4/c1-16(2)17(3)13-19(25-23(29)18-9-5-4-6-10-18)24(30)26-22-20(28)15-31-21(22)14-27-11-7-8-12-27/h4-6,9-10,16-17,19,21-22H,7-8,11-15H2,1-3H3,(H,25,29)(H,26,30)/t17?,19-,21?,22?/m0/s1. The summed E-state index contributed by atoms with van der Waals surface area (Å²) in [6.45, 7) is 8.91. The molecule has 31 heavy (non-hydrogen) atoms. The first-order chi connectivity index (χ1) is 14.8. The molecular formula is C24H35N3O4. The van der Waals surface area contributed by atoms with E-state index < -0.39 is 12.1 Å². The molecule has 0 spiro atoms. The van der Waals surface area contributed by atoms with Gasteiger partial charge in [-0.1, -0.05) is 39.0 Å². The Morgan fingerprint density at radius 2 is 1.81 bits per heavy atom. The number of nitrogens with zero attached hydrogens (tertiary/aromatic N) is 1. The van der Waals surface area contributed by atoms with Crippen molar-refractivity contribution in [2.24, 2.45) is 11.8 Å². The molecule has 2 amide bonds. The number of Topliss-reactive ketones (excluding diaryl/α,β-unsaturated/α-hetero) is 1. The molecule has 2 fully saturated rings. The van der Waals surface area contributed by atoms with Crippen molar-refractivity contribution < 1.29 is 19.1 Å². The van der Waals surface area contributed by atoms with Gasteiger partial charge in [0.05, 0.1) is 6.10 Å². The maximum Gasteiger partial charge on any atom is 0.251 e. The molecule has 7 heteroatoms. The van der Waals surface area contributed by atoms with Gasteiger partial charge in [0.25, 0.3) is 5.91 Å². The second-order valence-electron chi connectivity index (χ2n) is 9.16. The average Bonchev–Trinajstić information content (AvgIpc) is 3.39. The maximum absolute atomic E-state index is 13.2. The second kappa shape index (κ2) is 10.9. The van der Waals surface area contributed by atoms with Crippen molar-refractivity contribution >= 4 is 17.6 Å². The molecule has 3 unspecified atom stereocenters. The number of amides is 2. The van der Waals surface area contributed by atoms with E-state index in [0.29, 0.717) is 24.4 Å². The van der Waals surface area contributed by atoms with Crippen molar-refractivity contribution in [3.05, 3.63) is 35.9 Å². The van der Waals surface area contributed by atoms with Crippen LogP contribution in [0.1, 0.15) is 50.4 Å². The SMILES string of the molecule is CC(C)C(C)C[C@H](NC(=O)c1ccccc1)C(=O)NC1C(=O)COC1CN1CCCC1. The molecule has 1 aromatic rings. The van der Waals surface area contributed by atoms with Crippen LogP contribution < -0.4 is 10.6 Å². The van der Waals surface area contributed by atoms with Gasteiger partial charge in [-0.25, -0.2) is 0 Å². The summed E-state index contributed by atoms with van der Waals surface area (Å²) < 4.78 is 5.70. The van der Waals surface area contributed by atoms with E-state index in [1.165, 1.54) is 0 Å². The predicted molar refractivity (Wildman–Crippen MR) is 119 cm³/mol. The third kappa shape index (κ3) is 6.37. The van der Waals surface area contributed by atoms with Gasteiger partial charge in [0, 0.05) is 12.1 Å². The Morgan fingerprint density at radius 3 is 2.45 bits per heavy atom. The molecule has 2 saturated heterocycles. The number of hydrogen-bond acceptors (Lipinski definition) is 5. The Balaban J connectivity index is 1.68. The van der Waals surface area contributed by atoms with Crippen LogP contribution >= 0.6 is 0 Å². The number of likely N-dealkylation sites (tertiary alicyclic amines) is 1.